The van der Waals surface area contributed by atoms with Crippen molar-refractivity contribution in [2.24, 2.45) is 0 Å². The lowest BCUT2D eigenvalue weighted by atomic mass is 10.00. The summed E-state index contributed by atoms with van der Waals surface area (Å²) >= 11 is 0. The average Bonchev–Trinajstić information content (AvgIpc) is 3.33. The van der Waals surface area contributed by atoms with Crippen LogP contribution in [0.2, 0.25) is 0 Å². The number of nitrogens with one attached hydrogen (secondary N) is 1. The van der Waals surface area contributed by atoms with Crippen molar-refractivity contribution >= 4 is 5.65 Å². The lowest BCUT2D eigenvalue weighted by molar-refractivity contribution is 0.184. The number of ether oxygens (including phenoxy) is 1. The Morgan fingerprint density at radius 3 is 2.92 bits per heavy atom. The van der Waals surface area contributed by atoms with Crippen molar-refractivity contribution in [2.45, 2.75) is 32.2 Å². The van der Waals surface area contributed by atoms with Crippen molar-refractivity contribution in [3.05, 3.63) is 40.1 Å². The molecule has 0 amide bonds. The van der Waals surface area contributed by atoms with Crippen LogP contribution < -0.4 is 5.56 Å². The number of hydrogen-bond donors (Lipinski definition) is 1. The summed E-state index contributed by atoms with van der Waals surface area (Å²) in [6, 6.07) is 2.28. The van der Waals surface area contributed by atoms with E-state index >= 15 is 0 Å². The van der Waals surface area contributed by atoms with Gasteiger partial charge in [0.05, 0.1) is 30.7 Å². The van der Waals surface area contributed by atoms with Crippen molar-refractivity contribution in [2.75, 3.05) is 13.2 Å². The Labute approximate surface area is 143 Å². The zero-order valence-electron chi connectivity index (χ0n) is 14.1. The molecule has 25 heavy (non-hydrogen) atoms. The monoisotopic (exact) mass is 338 g/mol. The van der Waals surface area contributed by atoms with Crippen molar-refractivity contribution in [1.82, 2.24) is 24.4 Å². The van der Waals surface area contributed by atoms with Crippen LogP contribution in [-0.2, 0) is 4.74 Å². The number of H-pyrrole nitrogens is 1. The standard InChI is InChI=1S/C17H18N6O2/c1-10(2)14-15(12-7-19-22(8-12)13-3-4-25-9-13)21-16-11(5-18)6-20-23(16)17(14)24/h6-8,10,13,21H,3-4,9H2,1-2H3. The molecule has 0 spiro atoms. The molecule has 3 aromatic heterocycles. The van der Waals surface area contributed by atoms with Crippen LogP contribution in [0.3, 0.4) is 0 Å². The van der Waals surface area contributed by atoms with Gasteiger partial charge < -0.3 is 9.72 Å². The molecule has 0 radical (unpaired) electrons. The summed E-state index contributed by atoms with van der Waals surface area (Å²) in [4.78, 5) is 16.1. The summed E-state index contributed by atoms with van der Waals surface area (Å²) in [6.45, 7) is 5.31. The van der Waals surface area contributed by atoms with E-state index in [9.17, 15) is 10.1 Å². The Morgan fingerprint density at radius 1 is 1.40 bits per heavy atom. The molecule has 1 unspecified atom stereocenters. The Bertz CT molecular complexity index is 1030. The number of aromatic nitrogens is 5. The van der Waals surface area contributed by atoms with Crippen LogP contribution in [0.1, 0.15) is 43.4 Å². The van der Waals surface area contributed by atoms with Gasteiger partial charge in [0.25, 0.3) is 5.56 Å². The van der Waals surface area contributed by atoms with E-state index in [1.54, 1.807) is 6.20 Å². The maximum atomic E-state index is 12.9. The third kappa shape index (κ3) is 2.44. The second-order valence-electron chi connectivity index (χ2n) is 6.53. The fourth-order valence-corrected chi connectivity index (χ4v) is 3.27. The first-order valence-electron chi connectivity index (χ1n) is 8.26. The van der Waals surface area contributed by atoms with E-state index in [2.05, 4.69) is 21.3 Å². The van der Waals surface area contributed by atoms with Crippen molar-refractivity contribution in [3.63, 3.8) is 0 Å². The molecule has 1 fully saturated rings. The topological polar surface area (TPSA) is 101 Å². The summed E-state index contributed by atoms with van der Waals surface area (Å²) in [5, 5.41) is 17.7. The van der Waals surface area contributed by atoms with Crippen LogP contribution in [-0.4, -0.2) is 37.6 Å². The molecule has 1 aliphatic rings. The SMILES string of the molecule is CC(C)c1c(-c2cnn(C3CCOC3)c2)[nH]c2c(C#N)cnn2c1=O. The van der Waals surface area contributed by atoms with E-state index in [0.717, 1.165) is 18.6 Å². The quantitative estimate of drug-likeness (QED) is 0.785. The Hall–Kier alpha value is -2.92. The highest BCUT2D eigenvalue weighted by Crippen LogP contribution is 2.27. The lowest BCUT2D eigenvalue weighted by Gasteiger charge is -2.12. The number of fused-ring (bicyclic) bond motifs is 1. The first-order valence-corrected chi connectivity index (χ1v) is 8.26. The van der Waals surface area contributed by atoms with Crippen molar-refractivity contribution < 1.29 is 4.74 Å². The minimum Gasteiger partial charge on any atom is -0.379 e. The van der Waals surface area contributed by atoms with Gasteiger partial charge in [0.1, 0.15) is 11.6 Å². The number of nitriles is 1. The molecule has 4 rings (SSSR count). The van der Waals surface area contributed by atoms with Gasteiger partial charge in [0.2, 0.25) is 0 Å². The zero-order valence-corrected chi connectivity index (χ0v) is 14.1. The minimum atomic E-state index is -0.211. The van der Waals surface area contributed by atoms with Crippen LogP contribution in [0, 0.1) is 11.3 Å². The van der Waals surface area contributed by atoms with E-state index in [-0.39, 0.29) is 17.5 Å². The molecule has 0 aromatic carbocycles. The molecule has 3 aromatic rings. The predicted molar refractivity (Wildman–Crippen MR) is 90.3 cm³/mol. The molecular formula is C17H18N6O2. The first-order chi connectivity index (χ1) is 12.1. The van der Waals surface area contributed by atoms with Gasteiger partial charge in [-0.05, 0) is 12.3 Å². The Kier molecular flexibility index (Phi) is 3.66. The highest BCUT2D eigenvalue weighted by Gasteiger charge is 2.22. The Morgan fingerprint density at radius 2 is 2.24 bits per heavy atom. The van der Waals surface area contributed by atoms with Crippen LogP contribution in [0.15, 0.2) is 23.4 Å². The maximum Gasteiger partial charge on any atom is 0.278 e. The molecule has 1 aliphatic heterocycles. The van der Waals surface area contributed by atoms with Gasteiger partial charge in [0, 0.05) is 23.9 Å². The van der Waals surface area contributed by atoms with Crippen molar-refractivity contribution in [3.8, 4) is 17.3 Å². The Balaban J connectivity index is 1.92. The van der Waals surface area contributed by atoms with E-state index in [1.807, 2.05) is 24.7 Å². The summed E-state index contributed by atoms with van der Waals surface area (Å²) in [7, 11) is 0. The molecule has 4 heterocycles. The van der Waals surface area contributed by atoms with Crippen molar-refractivity contribution in [1.29, 1.82) is 5.26 Å². The summed E-state index contributed by atoms with van der Waals surface area (Å²) in [5.74, 6) is -0.00366. The van der Waals surface area contributed by atoms with Gasteiger partial charge in [-0.2, -0.15) is 20.0 Å². The van der Waals surface area contributed by atoms with E-state index in [1.165, 1.54) is 10.7 Å². The third-order valence-electron chi connectivity index (χ3n) is 4.57. The van der Waals surface area contributed by atoms with Crippen LogP contribution in [0.25, 0.3) is 16.9 Å². The molecule has 1 saturated heterocycles. The fourth-order valence-electron chi connectivity index (χ4n) is 3.27. The van der Waals surface area contributed by atoms with Gasteiger partial charge in [-0.3, -0.25) is 9.48 Å². The maximum absolute atomic E-state index is 12.9. The molecule has 1 atom stereocenters. The fraction of sp³-hybridized carbons (Fsp3) is 0.412. The second-order valence-corrected chi connectivity index (χ2v) is 6.53. The predicted octanol–water partition coefficient (Wildman–Crippen LogP) is 1.84. The lowest BCUT2D eigenvalue weighted by Crippen LogP contribution is -2.22. The minimum absolute atomic E-state index is 0.00366. The van der Waals surface area contributed by atoms with Gasteiger partial charge in [-0.25, -0.2) is 0 Å². The van der Waals surface area contributed by atoms with Gasteiger partial charge in [-0.1, -0.05) is 13.8 Å². The molecule has 0 saturated carbocycles. The van der Waals surface area contributed by atoms with Crippen LogP contribution in [0.5, 0.6) is 0 Å². The first kappa shape index (κ1) is 15.6. The highest BCUT2D eigenvalue weighted by molar-refractivity contribution is 5.67. The molecule has 8 heteroatoms. The largest absolute Gasteiger partial charge is 0.379 e. The normalized spacial score (nSPS) is 17.4. The van der Waals surface area contributed by atoms with E-state index in [4.69, 9.17) is 4.74 Å². The summed E-state index contributed by atoms with van der Waals surface area (Å²) in [6.07, 6.45) is 6.00. The molecule has 8 nitrogen and oxygen atoms in total. The molecule has 0 bridgehead atoms. The second kappa shape index (κ2) is 5.86. The number of aromatic amines is 1. The van der Waals surface area contributed by atoms with Gasteiger partial charge >= 0.3 is 0 Å². The molecular weight excluding hydrogens is 320 g/mol. The van der Waals surface area contributed by atoms with Crippen LogP contribution in [0.4, 0.5) is 0 Å². The number of hydrogen-bond acceptors (Lipinski definition) is 5. The van der Waals surface area contributed by atoms with E-state index < -0.39 is 0 Å². The molecule has 0 aliphatic carbocycles. The molecule has 1 N–H and O–H groups in total. The summed E-state index contributed by atoms with van der Waals surface area (Å²) < 4.78 is 8.56. The highest BCUT2D eigenvalue weighted by atomic mass is 16.5. The van der Waals surface area contributed by atoms with Crippen LogP contribution >= 0.6 is 0 Å². The number of nitrogens with zero attached hydrogens (tertiary/aromatic N) is 5. The van der Waals surface area contributed by atoms with Gasteiger partial charge in [-0.15, -0.1) is 0 Å². The molecule has 128 valence electrons. The number of rotatable bonds is 3. The summed E-state index contributed by atoms with van der Waals surface area (Å²) in [5.41, 5.74) is 2.67. The zero-order chi connectivity index (χ0) is 17.6. The smallest absolute Gasteiger partial charge is 0.278 e. The average molecular weight is 338 g/mol. The third-order valence-corrected chi connectivity index (χ3v) is 4.57. The van der Waals surface area contributed by atoms with E-state index in [0.29, 0.717) is 29.1 Å². The van der Waals surface area contributed by atoms with Gasteiger partial charge in [0.15, 0.2) is 5.65 Å².